The summed E-state index contributed by atoms with van der Waals surface area (Å²) in [5.74, 6) is 0. The van der Waals surface area contributed by atoms with E-state index in [1.54, 1.807) is 0 Å². The maximum Gasteiger partial charge on any atom is 0.0512 e. The Hall–Kier alpha value is 0.250. The first-order chi connectivity index (χ1) is 10.2. The van der Waals surface area contributed by atoms with Crippen LogP contribution in [-0.2, 0) is 0 Å². The lowest BCUT2D eigenvalue weighted by Crippen LogP contribution is -2.05. The predicted octanol–water partition coefficient (Wildman–Crippen LogP) is 6.85. The van der Waals surface area contributed by atoms with E-state index in [0.29, 0.717) is 0 Å². The van der Waals surface area contributed by atoms with Crippen LogP contribution in [0, 0.1) is 0 Å². The van der Waals surface area contributed by atoms with Gasteiger partial charge in [0.05, 0.1) is 6.10 Å². The first kappa shape index (κ1) is 21.2. The van der Waals surface area contributed by atoms with Crippen LogP contribution < -0.4 is 0 Å². The predicted molar refractivity (Wildman–Crippen MR) is 96.3 cm³/mol. The van der Waals surface area contributed by atoms with Crippen LogP contribution in [0.2, 0.25) is 0 Å². The Balaban J connectivity index is 3.08. The van der Waals surface area contributed by atoms with E-state index in [1.165, 1.54) is 77.0 Å². The molecule has 0 aliphatic rings. The largest absolute Gasteiger partial charge is 0.393 e. The average Bonchev–Trinajstić information content (AvgIpc) is 2.46. The third-order valence-electron chi connectivity index (χ3n) is 4.27. The first-order valence-corrected chi connectivity index (χ1v) is 9.92. The molecule has 0 saturated carbocycles. The molecule has 0 aromatic rings. The lowest BCUT2D eigenvalue weighted by Gasteiger charge is -2.10. The van der Waals surface area contributed by atoms with E-state index >= 15 is 0 Å². The van der Waals surface area contributed by atoms with E-state index in [4.69, 9.17) is 11.6 Å². The van der Waals surface area contributed by atoms with E-state index in [9.17, 15) is 5.11 Å². The Labute approximate surface area is 138 Å². The molecule has 0 radical (unpaired) electrons. The highest BCUT2D eigenvalue weighted by molar-refractivity contribution is 6.20. The second-order valence-corrected chi connectivity index (χ2v) is 7.32. The van der Waals surface area contributed by atoms with E-state index in [1.807, 2.05) is 6.92 Å². The zero-order valence-corrected chi connectivity index (χ0v) is 15.3. The lowest BCUT2D eigenvalue weighted by atomic mass is 10.0. The molecule has 0 aromatic carbocycles. The monoisotopic (exact) mass is 318 g/mol. The van der Waals surface area contributed by atoms with E-state index < -0.39 is 0 Å². The maximum atomic E-state index is 9.22. The number of hydrogen-bond donors (Lipinski definition) is 1. The summed E-state index contributed by atoms with van der Waals surface area (Å²) < 4.78 is 0. The van der Waals surface area contributed by atoms with Gasteiger partial charge in [0.25, 0.3) is 0 Å². The summed E-state index contributed by atoms with van der Waals surface area (Å²) in [4.78, 5) is 0. The molecule has 0 rings (SSSR count). The highest BCUT2D eigenvalue weighted by atomic mass is 35.5. The van der Waals surface area contributed by atoms with Crippen LogP contribution in [0.3, 0.4) is 0 Å². The number of halogens is 1. The fraction of sp³-hybridized carbons (Fsp3) is 1.00. The number of rotatable bonds is 16. The van der Waals surface area contributed by atoms with Crippen LogP contribution in [0.1, 0.15) is 110 Å². The smallest absolute Gasteiger partial charge is 0.0512 e. The minimum absolute atomic E-state index is 0.201. The van der Waals surface area contributed by atoms with Crippen molar-refractivity contribution in [3.8, 4) is 0 Å². The normalized spacial score (nSPS) is 14.3. The first-order valence-electron chi connectivity index (χ1n) is 9.49. The molecule has 21 heavy (non-hydrogen) atoms. The summed E-state index contributed by atoms with van der Waals surface area (Å²) in [6, 6.07) is 0. The quantitative estimate of drug-likeness (QED) is 0.244. The van der Waals surface area contributed by atoms with E-state index in [0.717, 1.165) is 19.3 Å². The van der Waals surface area contributed by atoms with Gasteiger partial charge in [-0.2, -0.15) is 0 Å². The molecule has 0 aromatic heterocycles. The molecule has 1 nitrogen and oxygen atoms in total. The summed E-state index contributed by atoms with van der Waals surface area (Å²) in [6.45, 7) is 4.12. The molecule has 0 heterocycles. The van der Waals surface area contributed by atoms with Gasteiger partial charge in [-0.25, -0.2) is 0 Å². The number of alkyl halides is 1. The van der Waals surface area contributed by atoms with E-state index in [-0.39, 0.29) is 11.5 Å². The molecule has 128 valence electrons. The number of aliphatic hydroxyl groups is 1. The molecule has 0 saturated heterocycles. The van der Waals surface area contributed by atoms with Crippen molar-refractivity contribution in [1.29, 1.82) is 0 Å². The van der Waals surface area contributed by atoms with Gasteiger partial charge in [0.15, 0.2) is 0 Å². The van der Waals surface area contributed by atoms with Crippen molar-refractivity contribution >= 4 is 11.6 Å². The third kappa shape index (κ3) is 18.2. The average molecular weight is 319 g/mol. The van der Waals surface area contributed by atoms with Gasteiger partial charge in [0, 0.05) is 5.38 Å². The summed E-state index contributed by atoms with van der Waals surface area (Å²) in [6.07, 6.45) is 19.4. The van der Waals surface area contributed by atoms with Crippen LogP contribution in [0.15, 0.2) is 0 Å². The van der Waals surface area contributed by atoms with Gasteiger partial charge in [-0.1, -0.05) is 84.0 Å². The highest BCUT2D eigenvalue weighted by Crippen LogP contribution is 2.17. The number of unbranched alkanes of at least 4 members (excludes halogenated alkanes) is 11. The van der Waals surface area contributed by atoms with Crippen LogP contribution >= 0.6 is 11.6 Å². The molecule has 2 heteroatoms. The zero-order chi connectivity index (χ0) is 15.8. The Bertz CT molecular complexity index is 194. The van der Waals surface area contributed by atoms with Crippen molar-refractivity contribution in [2.75, 3.05) is 0 Å². The summed E-state index contributed by atoms with van der Waals surface area (Å²) in [5, 5.41) is 9.48. The number of hydrogen-bond acceptors (Lipinski definition) is 1. The Morgan fingerprint density at radius 3 is 1.52 bits per heavy atom. The van der Waals surface area contributed by atoms with Crippen molar-refractivity contribution in [2.24, 2.45) is 0 Å². The second kappa shape index (κ2) is 16.6. The van der Waals surface area contributed by atoms with Crippen LogP contribution in [-0.4, -0.2) is 16.6 Å². The molecular formula is C19H39ClO. The van der Waals surface area contributed by atoms with Crippen LogP contribution in [0.5, 0.6) is 0 Å². The Kier molecular flexibility index (Phi) is 16.8. The molecule has 2 unspecified atom stereocenters. The zero-order valence-electron chi connectivity index (χ0n) is 14.6. The number of aliphatic hydroxyl groups excluding tert-OH is 1. The molecule has 0 aliphatic carbocycles. The van der Waals surface area contributed by atoms with Crippen molar-refractivity contribution in [2.45, 2.75) is 122 Å². The molecular weight excluding hydrogens is 280 g/mol. The summed E-state index contributed by atoms with van der Waals surface area (Å²) >= 11 is 6.25. The summed E-state index contributed by atoms with van der Waals surface area (Å²) in [5.41, 5.74) is 0. The van der Waals surface area contributed by atoms with Crippen molar-refractivity contribution in [3.63, 3.8) is 0 Å². The van der Waals surface area contributed by atoms with Crippen molar-refractivity contribution in [3.05, 3.63) is 0 Å². The minimum Gasteiger partial charge on any atom is -0.393 e. The van der Waals surface area contributed by atoms with Crippen molar-refractivity contribution < 1.29 is 5.11 Å². The molecule has 2 atom stereocenters. The minimum atomic E-state index is -0.201. The highest BCUT2D eigenvalue weighted by Gasteiger charge is 2.06. The van der Waals surface area contributed by atoms with Crippen LogP contribution in [0.4, 0.5) is 0 Å². The van der Waals surface area contributed by atoms with Gasteiger partial charge >= 0.3 is 0 Å². The molecule has 0 bridgehead atoms. The Morgan fingerprint density at radius 1 is 0.667 bits per heavy atom. The van der Waals surface area contributed by atoms with Gasteiger partial charge in [-0.15, -0.1) is 11.6 Å². The molecule has 0 spiro atoms. The van der Waals surface area contributed by atoms with Gasteiger partial charge in [-0.3, -0.25) is 0 Å². The molecule has 0 amide bonds. The second-order valence-electron chi connectivity index (χ2n) is 6.70. The maximum absolute atomic E-state index is 9.22. The van der Waals surface area contributed by atoms with E-state index in [2.05, 4.69) is 6.92 Å². The van der Waals surface area contributed by atoms with Gasteiger partial charge < -0.3 is 5.11 Å². The van der Waals surface area contributed by atoms with Gasteiger partial charge in [0.2, 0.25) is 0 Å². The standard InChI is InChI=1S/C19H39ClO/c1-3-4-5-6-7-8-9-10-11-12-13-14-15-19(20)17-16-18(2)21/h18-19,21H,3-17H2,1-2H3. The fourth-order valence-corrected chi connectivity index (χ4v) is 3.05. The van der Waals surface area contributed by atoms with Gasteiger partial charge in [-0.05, 0) is 26.2 Å². The van der Waals surface area contributed by atoms with Gasteiger partial charge in [0.1, 0.15) is 0 Å². The SMILES string of the molecule is CCCCCCCCCCCCCCC(Cl)CCC(C)O. The third-order valence-corrected chi connectivity index (χ3v) is 4.71. The molecule has 1 N–H and O–H groups in total. The topological polar surface area (TPSA) is 20.2 Å². The lowest BCUT2D eigenvalue weighted by molar-refractivity contribution is 0.180. The fourth-order valence-electron chi connectivity index (χ4n) is 2.77. The molecule has 0 aliphatic heterocycles. The Morgan fingerprint density at radius 2 is 1.10 bits per heavy atom. The molecule has 0 fully saturated rings. The van der Waals surface area contributed by atoms with Crippen LogP contribution in [0.25, 0.3) is 0 Å². The van der Waals surface area contributed by atoms with Crippen molar-refractivity contribution in [1.82, 2.24) is 0 Å². The summed E-state index contributed by atoms with van der Waals surface area (Å²) in [7, 11) is 0.